The average molecular weight is 685 g/mol. The minimum absolute atomic E-state index is 0.0103. The molecule has 0 saturated carbocycles. The van der Waals surface area contributed by atoms with Gasteiger partial charge in [-0.15, -0.1) is 11.8 Å². The van der Waals surface area contributed by atoms with Crippen LogP contribution in [0.2, 0.25) is 0 Å². The third kappa shape index (κ3) is 9.70. The average Bonchev–Trinajstić information content (AvgIpc) is 3.13. The van der Waals surface area contributed by atoms with Crippen molar-refractivity contribution in [3.63, 3.8) is 0 Å². The van der Waals surface area contributed by atoms with Crippen LogP contribution in [-0.2, 0) is 32.2 Å². The summed E-state index contributed by atoms with van der Waals surface area (Å²) in [6.07, 6.45) is -1.13. The number of aliphatic hydroxyl groups is 1. The number of nitrogens with one attached hydrogen (secondary N) is 2. The van der Waals surface area contributed by atoms with E-state index in [2.05, 4.69) is 17.6 Å². The van der Waals surface area contributed by atoms with E-state index in [-0.39, 0.29) is 50.0 Å². The number of carboxylic acids is 1. The number of aliphatic hydroxyl groups excluding tert-OH is 1. The summed E-state index contributed by atoms with van der Waals surface area (Å²) in [5, 5.41) is 24.1. The van der Waals surface area contributed by atoms with Gasteiger partial charge in [0.05, 0.1) is 31.0 Å². The molecule has 10 nitrogen and oxygen atoms in total. The molecule has 0 unspecified atom stereocenters. The highest BCUT2D eigenvalue weighted by Crippen LogP contribution is 2.43. The molecule has 1 fully saturated rings. The summed E-state index contributed by atoms with van der Waals surface area (Å²) < 4.78 is 18.1. The van der Waals surface area contributed by atoms with Gasteiger partial charge in [-0.25, -0.2) is 9.59 Å². The third-order valence-electron chi connectivity index (χ3n) is 8.21. The highest BCUT2D eigenvalue weighted by Gasteiger charge is 2.38. The number of carbonyl (C=O) groups is 3. The lowest BCUT2D eigenvalue weighted by molar-refractivity contribution is -0.268. The van der Waals surface area contributed by atoms with Gasteiger partial charge in [-0.2, -0.15) is 0 Å². The Morgan fingerprint density at radius 1 is 0.837 bits per heavy atom. The minimum Gasteiger partial charge on any atom is -0.478 e. The number of amides is 2. The number of urea groups is 1. The fraction of sp³-hybridized carbons (Fsp3) is 0.289. The second kappa shape index (κ2) is 17.1. The Labute approximate surface area is 289 Å². The highest BCUT2D eigenvalue weighted by molar-refractivity contribution is 7.99. The van der Waals surface area contributed by atoms with E-state index < -0.39 is 24.3 Å². The predicted molar refractivity (Wildman–Crippen MR) is 186 cm³/mol. The van der Waals surface area contributed by atoms with E-state index >= 15 is 0 Å². The molecule has 49 heavy (non-hydrogen) atoms. The van der Waals surface area contributed by atoms with Gasteiger partial charge in [0.2, 0.25) is 0 Å². The molecule has 1 aliphatic heterocycles. The van der Waals surface area contributed by atoms with E-state index in [1.54, 1.807) is 30.8 Å². The Balaban J connectivity index is 1.32. The molecule has 0 aliphatic carbocycles. The van der Waals surface area contributed by atoms with Crippen LogP contribution in [0, 0.1) is 5.92 Å². The molecule has 0 radical (unpaired) electrons. The van der Waals surface area contributed by atoms with Crippen LogP contribution in [0.15, 0.2) is 102 Å². The van der Waals surface area contributed by atoms with Crippen LogP contribution < -0.4 is 10.6 Å². The van der Waals surface area contributed by atoms with Crippen molar-refractivity contribution in [2.45, 2.75) is 50.4 Å². The first-order valence-electron chi connectivity index (χ1n) is 16.1. The number of carbonyl (C=O) groups excluding carboxylic acids is 2. The van der Waals surface area contributed by atoms with Crippen LogP contribution in [0.4, 0.5) is 4.79 Å². The maximum absolute atomic E-state index is 12.2. The summed E-state index contributed by atoms with van der Waals surface area (Å²) in [4.78, 5) is 36.0. The van der Waals surface area contributed by atoms with Crippen LogP contribution in [0.5, 0.6) is 0 Å². The summed E-state index contributed by atoms with van der Waals surface area (Å²) in [6, 6.07) is 29.9. The Bertz CT molecular complexity index is 1730. The zero-order chi connectivity index (χ0) is 34.8. The van der Waals surface area contributed by atoms with Gasteiger partial charge in [-0.05, 0) is 71.1 Å². The molecule has 11 heteroatoms. The number of rotatable bonds is 13. The fourth-order valence-electron chi connectivity index (χ4n) is 5.52. The van der Waals surface area contributed by atoms with Crippen molar-refractivity contribution in [3.05, 3.63) is 125 Å². The topological polar surface area (TPSA) is 143 Å². The maximum atomic E-state index is 12.2. The Morgan fingerprint density at radius 3 is 2.24 bits per heavy atom. The van der Waals surface area contributed by atoms with Gasteiger partial charge in [0.15, 0.2) is 6.29 Å². The lowest BCUT2D eigenvalue weighted by atomic mass is 9.91. The van der Waals surface area contributed by atoms with Crippen molar-refractivity contribution >= 4 is 29.7 Å². The van der Waals surface area contributed by atoms with Gasteiger partial charge >= 0.3 is 18.0 Å². The standard InChI is InChI=1S/C38H40N2O8S/c1-3-46-34(42)21-40-38(45)39-20-26-6-4-7-29(18-26)30-8-5-9-31(19-30)37-47-33(23-49-32-16-14-28(15-17-32)36(43)44)24(2)35(48-37)27-12-10-25(22-41)11-13-27/h4-19,24,33,35,37,41H,3,20-23H2,1-2H3,(H,43,44)(H2,39,40,45)/t24-,33+,35+,37+/m1/s1. The number of benzene rings is 4. The molecular formula is C38H40N2O8S. The number of hydrogen-bond donors (Lipinski definition) is 4. The van der Waals surface area contributed by atoms with E-state index in [0.29, 0.717) is 5.75 Å². The molecule has 4 aromatic carbocycles. The SMILES string of the molecule is CCOC(=O)CNC(=O)NCc1cccc(-c2cccc([C@H]3O[C@@H](CSc4ccc(C(=O)O)cc4)[C@@H](C)[C@@H](c4ccc(CO)cc4)O3)c2)c1. The van der Waals surface area contributed by atoms with E-state index in [4.69, 9.17) is 14.2 Å². The lowest BCUT2D eigenvalue weighted by Gasteiger charge is -2.41. The van der Waals surface area contributed by atoms with Gasteiger partial charge in [0, 0.05) is 28.7 Å². The Hall–Kier alpha value is -4.68. The van der Waals surface area contributed by atoms with Gasteiger partial charge in [0.1, 0.15) is 6.54 Å². The molecule has 0 aromatic heterocycles. The van der Waals surface area contributed by atoms with Crippen molar-refractivity contribution in [2.75, 3.05) is 18.9 Å². The third-order valence-corrected chi connectivity index (χ3v) is 9.31. The maximum Gasteiger partial charge on any atom is 0.335 e. The van der Waals surface area contributed by atoms with Crippen molar-refractivity contribution in [1.82, 2.24) is 10.6 Å². The first-order valence-corrected chi connectivity index (χ1v) is 17.1. The summed E-state index contributed by atoms with van der Waals surface area (Å²) >= 11 is 1.60. The molecule has 1 aliphatic rings. The normalized spacial score (nSPS) is 18.8. The minimum atomic E-state index is -0.961. The molecule has 4 aromatic rings. The van der Waals surface area contributed by atoms with Crippen LogP contribution >= 0.6 is 11.8 Å². The largest absolute Gasteiger partial charge is 0.478 e. The zero-order valence-electron chi connectivity index (χ0n) is 27.3. The Morgan fingerprint density at radius 2 is 1.55 bits per heavy atom. The molecule has 0 bridgehead atoms. The van der Waals surface area contributed by atoms with Crippen LogP contribution in [-0.4, -0.2) is 53.2 Å². The van der Waals surface area contributed by atoms with E-state index in [1.807, 2.05) is 84.9 Å². The number of hydrogen-bond acceptors (Lipinski definition) is 8. The number of aromatic carboxylic acids is 1. The second-order valence-corrected chi connectivity index (χ2v) is 12.7. The first kappa shape index (κ1) is 35.6. The van der Waals surface area contributed by atoms with E-state index in [1.165, 1.54) is 0 Å². The zero-order valence-corrected chi connectivity index (χ0v) is 28.2. The quantitative estimate of drug-likeness (QED) is 0.0918. The summed E-state index contributed by atoms with van der Waals surface area (Å²) in [6.45, 7) is 4.08. The fourth-order valence-corrected chi connectivity index (χ4v) is 6.58. The number of thioether (sulfide) groups is 1. The number of ether oxygens (including phenoxy) is 3. The van der Waals surface area contributed by atoms with Crippen molar-refractivity contribution in [1.29, 1.82) is 0 Å². The van der Waals surface area contributed by atoms with Crippen LogP contribution in [0.25, 0.3) is 11.1 Å². The monoisotopic (exact) mass is 684 g/mol. The van der Waals surface area contributed by atoms with Crippen LogP contribution in [0.3, 0.4) is 0 Å². The second-order valence-electron chi connectivity index (χ2n) is 11.6. The summed E-state index contributed by atoms with van der Waals surface area (Å²) in [5.74, 6) is -0.843. The van der Waals surface area contributed by atoms with Crippen LogP contribution in [0.1, 0.15) is 58.9 Å². The molecule has 4 atom stereocenters. The smallest absolute Gasteiger partial charge is 0.335 e. The lowest BCUT2D eigenvalue weighted by Crippen LogP contribution is -2.38. The number of esters is 1. The van der Waals surface area contributed by atoms with Gasteiger partial charge in [0.25, 0.3) is 0 Å². The van der Waals surface area contributed by atoms with Crippen molar-refractivity contribution < 1.29 is 38.8 Å². The highest BCUT2D eigenvalue weighted by atomic mass is 32.2. The summed E-state index contributed by atoms with van der Waals surface area (Å²) in [5.41, 5.74) is 5.68. The molecule has 0 spiro atoms. The molecule has 4 N–H and O–H groups in total. The Kier molecular flexibility index (Phi) is 12.4. The molecule has 1 heterocycles. The molecule has 5 rings (SSSR count). The van der Waals surface area contributed by atoms with Gasteiger partial charge in [-0.1, -0.05) is 67.6 Å². The van der Waals surface area contributed by atoms with E-state index in [9.17, 15) is 24.6 Å². The molecule has 1 saturated heterocycles. The van der Waals surface area contributed by atoms with Gasteiger partial charge < -0.3 is 35.1 Å². The predicted octanol–water partition coefficient (Wildman–Crippen LogP) is 6.49. The molecular weight excluding hydrogens is 644 g/mol. The molecule has 256 valence electrons. The van der Waals surface area contributed by atoms with E-state index in [0.717, 1.165) is 38.3 Å². The molecule has 2 amide bonds. The first-order chi connectivity index (χ1) is 23.7. The summed E-state index contributed by atoms with van der Waals surface area (Å²) in [7, 11) is 0. The number of carboxylic acid groups (broad SMARTS) is 1. The van der Waals surface area contributed by atoms with Gasteiger partial charge in [-0.3, -0.25) is 4.79 Å². The van der Waals surface area contributed by atoms with Crippen molar-refractivity contribution in [3.8, 4) is 11.1 Å². The van der Waals surface area contributed by atoms with Crippen molar-refractivity contribution in [2.24, 2.45) is 5.92 Å².